The van der Waals surface area contributed by atoms with E-state index in [0.717, 1.165) is 22.5 Å². The summed E-state index contributed by atoms with van der Waals surface area (Å²) >= 11 is 0. The molecule has 0 bridgehead atoms. The Kier molecular flexibility index (Phi) is 2.65. The molecular weight excluding hydrogens is 228 g/mol. The van der Waals surface area contributed by atoms with Crippen LogP contribution < -0.4 is 4.74 Å². The summed E-state index contributed by atoms with van der Waals surface area (Å²) in [6.07, 6.45) is 0. The van der Waals surface area contributed by atoms with Gasteiger partial charge >= 0.3 is 0 Å². The van der Waals surface area contributed by atoms with Crippen LogP contribution in [-0.2, 0) is 6.61 Å². The molecule has 0 unspecified atom stereocenters. The SMILES string of the molecule is Oc1ccc2oc(COc3ccccc3)cc2c1. The number of benzene rings is 2. The van der Waals surface area contributed by atoms with Crippen LogP contribution in [0.5, 0.6) is 11.5 Å². The first kappa shape index (κ1) is 10.7. The fourth-order valence-electron chi connectivity index (χ4n) is 1.83. The number of rotatable bonds is 3. The fraction of sp³-hybridized carbons (Fsp3) is 0.0667. The van der Waals surface area contributed by atoms with Crippen LogP contribution in [-0.4, -0.2) is 5.11 Å². The van der Waals surface area contributed by atoms with E-state index in [1.165, 1.54) is 0 Å². The van der Waals surface area contributed by atoms with E-state index in [0.29, 0.717) is 6.61 Å². The van der Waals surface area contributed by atoms with Crippen LogP contribution in [0.25, 0.3) is 11.0 Å². The van der Waals surface area contributed by atoms with Gasteiger partial charge in [0.15, 0.2) is 0 Å². The molecule has 0 fully saturated rings. The van der Waals surface area contributed by atoms with Crippen LogP contribution in [0.4, 0.5) is 0 Å². The lowest BCUT2D eigenvalue weighted by atomic mass is 10.2. The van der Waals surface area contributed by atoms with Crippen molar-refractivity contribution < 1.29 is 14.3 Å². The first-order chi connectivity index (χ1) is 8.81. The molecule has 90 valence electrons. The highest BCUT2D eigenvalue weighted by molar-refractivity contribution is 5.79. The number of hydrogen-bond donors (Lipinski definition) is 1. The number of para-hydroxylation sites is 1. The molecule has 0 aliphatic carbocycles. The van der Waals surface area contributed by atoms with Crippen LogP contribution in [0, 0.1) is 0 Å². The number of ether oxygens (including phenoxy) is 1. The molecule has 0 spiro atoms. The maximum Gasteiger partial charge on any atom is 0.146 e. The average molecular weight is 240 g/mol. The summed E-state index contributed by atoms with van der Waals surface area (Å²) in [7, 11) is 0. The highest BCUT2D eigenvalue weighted by Gasteiger charge is 2.05. The van der Waals surface area contributed by atoms with Crippen molar-refractivity contribution in [2.45, 2.75) is 6.61 Å². The van der Waals surface area contributed by atoms with E-state index in [2.05, 4.69) is 0 Å². The Morgan fingerprint density at radius 3 is 2.67 bits per heavy atom. The molecular formula is C15H12O3. The summed E-state index contributed by atoms with van der Waals surface area (Å²) in [5.74, 6) is 1.78. The molecule has 1 heterocycles. The van der Waals surface area contributed by atoms with Crippen molar-refractivity contribution >= 4 is 11.0 Å². The summed E-state index contributed by atoms with van der Waals surface area (Å²) in [5.41, 5.74) is 0.750. The molecule has 0 saturated carbocycles. The summed E-state index contributed by atoms with van der Waals surface area (Å²) in [4.78, 5) is 0. The Morgan fingerprint density at radius 1 is 1.00 bits per heavy atom. The zero-order valence-corrected chi connectivity index (χ0v) is 9.67. The number of hydrogen-bond acceptors (Lipinski definition) is 3. The predicted molar refractivity (Wildman–Crippen MR) is 68.7 cm³/mol. The van der Waals surface area contributed by atoms with Crippen LogP contribution in [0.1, 0.15) is 5.76 Å². The number of aromatic hydroxyl groups is 1. The molecule has 2 aromatic carbocycles. The first-order valence-electron chi connectivity index (χ1n) is 5.70. The van der Waals surface area contributed by atoms with Crippen molar-refractivity contribution in [1.82, 2.24) is 0 Å². The van der Waals surface area contributed by atoms with E-state index in [9.17, 15) is 5.11 Å². The van der Waals surface area contributed by atoms with E-state index >= 15 is 0 Å². The van der Waals surface area contributed by atoms with Gasteiger partial charge in [-0.15, -0.1) is 0 Å². The van der Waals surface area contributed by atoms with Gasteiger partial charge < -0.3 is 14.3 Å². The summed E-state index contributed by atoms with van der Waals surface area (Å²) in [6, 6.07) is 16.5. The molecule has 0 aliphatic rings. The largest absolute Gasteiger partial charge is 0.508 e. The maximum atomic E-state index is 9.37. The molecule has 3 aromatic rings. The molecule has 0 saturated heterocycles. The second-order valence-electron chi connectivity index (χ2n) is 4.04. The Balaban J connectivity index is 1.79. The third kappa shape index (κ3) is 2.15. The van der Waals surface area contributed by atoms with Gasteiger partial charge in [-0.2, -0.15) is 0 Å². The Hall–Kier alpha value is -2.42. The van der Waals surface area contributed by atoms with Crippen molar-refractivity contribution in [3.8, 4) is 11.5 Å². The van der Waals surface area contributed by atoms with Crippen molar-refractivity contribution in [3.63, 3.8) is 0 Å². The van der Waals surface area contributed by atoms with Gasteiger partial charge in [-0.25, -0.2) is 0 Å². The van der Waals surface area contributed by atoms with Gasteiger partial charge in [-0.05, 0) is 36.4 Å². The minimum absolute atomic E-state index is 0.235. The molecule has 0 atom stereocenters. The molecule has 3 heteroatoms. The smallest absolute Gasteiger partial charge is 0.146 e. The van der Waals surface area contributed by atoms with E-state index in [4.69, 9.17) is 9.15 Å². The van der Waals surface area contributed by atoms with Crippen molar-refractivity contribution in [3.05, 3.63) is 60.4 Å². The lowest BCUT2D eigenvalue weighted by Crippen LogP contribution is -1.92. The summed E-state index contributed by atoms with van der Waals surface area (Å²) < 4.78 is 11.2. The lowest BCUT2D eigenvalue weighted by molar-refractivity contribution is 0.274. The molecule has 3 nitrogen and oxygen atoms in total. The number of phenols is 1. The average Bonchev–Trinajstić information content (AvgIpc) is 2.79. The lowest BCUT2D eigenvalue weighted by Gasteiger charge is -2.02. The summed E-state index contributed by atoms with van der Waals surface area (Å²) in [5, 5.41) is 10.3. The Morgan fingerprint density at radius 2 is 1.83 bits per heavy atom. The number of phenolic OH excluding ortho intramolecular Hbond substituents is 1. The molecule has 0 aliphatic heterocycles. The van der Waals surface area contributed by atoms with Crippen LogP contribution >= 0.6 is 0 Å². The monoisotopic (exact) mass is 240 g/mol. The third-order valence-electron chi connectivity index (χ3n) is 2.68. The highest BCUT2D eigenvalue weighted by atomic mass is 16.5. The standard InChI is InChI=1S/C15H12O3/c16-12-6-7-15-11(8-12)9-14(18-15)10-17-13-4-2-1-3-5-13/h1-9,16H,10H2. The predicted octanol–water partition coefficient (Wildman–Crippen LogP) is 3.72. The zero-order chi connectivity index (χ0) is 12.4. The maximum absolute atomic E-state index is 9.37. The number of furan rings is 1. The van der Waals surface area contributed by atoms with Gasteiger partial charge in [0.1, 0.15) is 29.4 Å². The highest BCUT2D eigenvalue weighted by Crippen LogP contribution is 2.24. The Labute approximate surface area is 104 Å². The summed E-state index contributed by atoms with van der Waals surface area (Å²) in [6.45, 7) is 0.374. The van der Waals surface area contributed by atoms with E-state index < -0.39 is 0 Å². The van der Waals surface area contributed by atoms with Gasteiger partial charge in [0.05, 0.1) is 0 Å². The molecule has 18 heavy (non-hydrogen) atoms. The zero-order valence-electron chi connectivity index (χ0n) is 9.67. The van der Waals surface area contributed by atoms with Crippen LogP contribution in [0.3, 0.4) is 0 Å². The molecule has 1 aromatic heterocycles. The van der Waals surface area contributed by atoms with Crippen molar-refractivity contribution in [2.24, 2.45) is 0 Å². The molecule has 1 N–H and O–H groups in total. The van der Waals surface area contributed by atoms with Crippen LogP contribution in [0.2, 0.25) is 0 Å². The fourth-order valence-corrected chi connectivity index (χ4v) is 1.83. The minimum Gasteiger partial charge on any atom is -0.508 e. The van der Waals surface area contributed by atoms with Crippen molar-refractivity contribution in [1.29, 1.82) is 0 Å². The quantitative estimate of drug-likeness (QED) is 0.758. The van der Waals surface area contributed by atoms with E-state index in [1.54, 1.807) is 18.2 Å². The van der Waals surface area contributed by atoms with Gasteiger partial charge in [-0.1, -0.05) is 18.2 Å². The van der Waals surface area contributed by atoms with Crippen molar-refractivity contribution in [2.75, 3.05) is 0 Å². The van der Waals surface area contributed by atoms with E-state index in [-0.39, 0.29) is 5.75 Å². The first-order valence-corrected chi connectivity index (χ1v) is 5.70. The number of fused-ring (bicyclic) bond motifs is 1. The molecule has 3 rings (SSSR count). The second-order valence-corrected chi connectivity index (χ2v) is 4.04. The normalized spacial score (nSPS) is 10.7. The van der Waals surface area contributed by atoms with Crippen LogP contribution in [0.15, 0.2) is 59.0 Å². The van der Waals surface area contributed by atoms with Gasteiger partial charge in [0.25, 0.3) is 0 Å². The van der Waals surface area contributed by atoms with Gasteiger partial charge in [0, 0.05) is 5.39 Å². The minimum atomic E-state index is 0.235. The molecule has 0 amide bonds. The van der Waals surface area contributed by atoms with E-state index in [1.807, 2.05) is 36.4 Å². The second kappa shape index (κ2) is 4.45. The third-order valence-corrected chi connectivity index (χ3v) is 2.68. The topological polar surface area (TPSA) is 42.6 Å². The molecule has 0 radical (unpaired) electrons. The van der Waals surface area contributed by atoms with Gasteiger partial charge in [0.2, 0.25) is 0 Å². The Bertz CT molecular complexity index is 656. The van der Waals surface area contributed by atoms with Gasteiger partial charge in [-0.3, -0.25) is 0 Å².